The first-order chi connectivity index (χ1) is 8.26. The van der Waals surface area contributed by atoms with Crippen LogP contribution in [0.2, 0.25) is 0 Å². The summed E-state index contributed by atoms with van der Waals surface area (Å²) in [6.45, 7) is 15.6. The second-order valence-corrected chi connectivity index (χ2v) is 7.57. The maximum absolute atomic E-state index is 6.14. The lowest BCUT2D eigenvalue weighted by Crippen LogP contribution is -2.59. The molecule has 2 saturated heterocycles. The monoisotopic (exact) mass is 254 g/mol. The number of morpholine rings is 1. The lowest BCUT2D eigenvalue weighted by atomic mass is 9.92. The number of hydrogen-bond donors (Lipinski definition) is 1. The Kier molecular flexibility index (Phi) is 4.05. The van der Waals surface area contributed by atoms with Crippen molar-refractivity contribution >= 4 is 0 Å². The molecule has 2 rings (SSSR count). The minimum atomic E-state index is -0.0258. The Morgan fingerprint density at radius 3 is 2.33 bits per heavy atom. The third-order valence-electron chi connectivity index (χ3n) is 4.00. The molecule has 2 aliphatic rings. The van der Waals surface area contributed by atoms with Gasteiger partial charge in [0.05, 0.1) is 11.2 Å². The van der Waals surface area contributed by atoms with Crippen LogP contribution >= 0.6 is 0 Å². The molecule has 2 unspecified atom stereocenters. The van der Waals surface area contributed by atoms with Gasteiger partial charge >= 0.3 is 0 Å². The van der Waals surface area contributed by atoms with Gasteiger partial charge in [0.25, 0.3) is 0 Å². The highest BCUT2D eigenvalue weighted by atomic mass is 16.5. The van der Waals surface area contributed by atoms with Crippen LogP contribution < -0.4 is 5.32 Å². The van der Waals surface area contributed by atoms with E-state index in [1.807, 2.05) is 0 Å². The Balaban J connectivity index is 1.92. The summed E-state index contributed by atoms with van der Waals surface area (Å²) in [5.41, 5.74) is -0.0515. The summed E-state index contributed by atoms with van der Waals surface area (Å²) in [6.07, 6.45) is 2.65. The Labute approximate surface area is 112 Å². The van der Waals surface area contributed by atoms with Gasteiger partial charge in [-0.1, -0.05) is 6.92 Å². The van der Waals surface area contributed by atoms with Crippen molar-refractivity contribution in [1.29, 1.82) is 0 Å². The van der Waals surface area contributed by atoms with Crippen molar-refractivity contribution in [2.45, 2.75) is 64.7 Å². The van der Waals surface area contributed by atoms with Crippen molar-refractivity contribution in [2.24, 2.45) is 5.92 Å². The topological polar surface area (TPSA) is 24.5 Å². The van der Waals surface area contributed by atoms with Crippen molar-refractivity contribution in [3.63, 3.8) is 0 Å². The molecule has 2 fully saturated rings. The number of rotatable bonds is 2. The normalized spacial score (nSPS) is 36.5. The van der Waals surface area contributed by atoms with Crippen LogP contribution in [0, 0.1) is 5.92 Å². The highest BCUT2D eigenvalue weighted by molar-refractivity contribution is 4.91. The molecule has 18 heavy (non-hydrogen) atoms. The van der Waals surface area contributed by atoms with Crippen molar-refractivity contribution in [1.82, 2.24) is 10.2 Å². The first-order valence-corrected chi connectivity index (χ1v) is 7.42. The van der Waals surface area contributed by atoms with Gasteiger partial charge in [-0.05, 0) is 53.0 Å². The smallest absolute Gasteiger partial charge is 0.0760 e. The lowest BCUT2D eigenvalue weighted by molar-refractivity contribution is -0.181. The van der Waals surface area contributed by atoms with Crippen LogP contribution in [-0.2, 0) is 4.74 Å². The molecule has 3 heteroatoms. The van der Waals surface area contributed by atoms with Gasteiger partial charge in [-0.25, -0.2) is 0 Å². The Morgan fingerprint density at radius 1 is 1.17 bits per heavy atom. The molecule has 2 atom stereocenters. The number of piperidine rings is 1. The molecule has 0 radical (unpaired) electrons. The van der Waals surface area contributed by atoms with Gasteiger partial charge in [0.2, 0.25) is 0 Å². The van der Waals surface area contributed by atoms with E-state index in [-0.39, 0.29) is 11.2 Å². The van der Waals surface area contributed by atoms with Gasteiger partial charge in [0, 0.05) is 25.7 Å². The van der Waals surface area contributed by atoms with Crippen LogP contribution in [0.15, 0.2) is 0 Å². The molecule has 2 aliphatic heterocycles. The van der Waals surface area contributed by atoms with Gasteiger partial charge in [-0.15, -0.1) is 0 Å². The average molecular weight is 254 g/mol. The molecule has 0 saturated carbocycles. The quantitative estimate of drug-likeness (QED) is 0.818. The van der Waals surface area contributed by atoms with Crippen LogP contribution in [0.25, 0.3) is 0 Å². The molecule has 1 N–H and O–H groups in total. The summed E-state index contributed by atoms with van der Waals surface area (Å²) in [7, 11) is 0. The molecule has 3 nitrogen and oxygen atoms in total. The summed E-state index contributed by atoms with van der Waals surface area (Å²) in [6, 6.07) is 0.665. The summed E-state index contributed by atoms with van der Waals surface area (Å²) in [5, 5.41) is 3.67. The van der Waals surface area contributed by atoms with Gasteiger partial charge in [0.15, 0.2) is 0 Å². The largest absolute Gasteiger partial charge is 0.367 e. The van der Waals surface area contributed by atoms with E-state index in [4.69, 9.17) is 4.74 Å². The molecule has 106 valence electrons. The van der Waals surface area contributed by atoms with E-state index in [0.717, 1.165) is 19.0 Å². The zero-order chi connectivity index (χ0) is 13.4. The van der Waals surface area contributed by atoms with E-state index in [0.29, 0.717) is 6.04 Å². The van der Waals surface area contributed by atoms with Gasteiger partial charge in [-0.2, -0.15) is 0 Å². The van der Waals surface area contributed by atoms with Crippen molar-refractivity contribution < 1.29 is 4.74 Å². The summed E-state index contributed by atoms with van der Waals surface area (Å²) >= 11 is 0. The molecule has 0 aromatic carbocycles. The summed E-state index contributed by atoms with van der Waals surface area (Å²) in [5.74, 6) is 0.873. The summed E-state index contributed by atoms with van der Waals surface area (Å²) < 4.78 is 6.14. The number of ether oxygens (including phenoxy) is 1. The predicted molar refractivity (Wildman–Crippen MR) is 75.9 cm³/mol. The zero-order valence-corrected chi connectivity index (χ0v) is 12.8. The molecule has 2 heterocycles. The Bertz CT molecular complexity index is 272. The van der Waals surface area contributed by atoms with Crippen molar-refractivity contribution in [3.05, 3.63) is 0 Å². The minimum absolute atomic E-state index is 0.0258. The van der Waals surface area contributed by atoms with Gasteiger partial charge in [-0.3, -0.25) is 4.90 Å². The van der Waals surface area contributed by atoms with Crippen LogP contribution in [0.5, 0.6) is 0 Å². The van der Waals surface area contributed by atoms with E-state index < -0.39 is 0 Å². The molecular weight excluding hydrogens is 224 g/mol. The SMILES string of the molecule is CC1CCNC(CN2CC(C)(C)OC(C)(C)C2)C1. The molecule has 0 spiro atoms. The van der Waals surface area contributed by atoms with E-state index in [2.05, 4.69) is 44.8 Å². The molecular formula is C15H30N2O. The number of hydrogen-bond acceptors (Lipinski definition) is 3. The van der Waals surface area contributed by atoms with Gasteiger partial charge in [0.1, 0.15) is 0 Å². The Hall–Kier alpha value is -0.120. The predicted octanol–water partition coefficient (Wildman–Crippen LogP) is 2.26. The molecule has 0 aliphatic carbocycles. The maximum Gasteiger partial charge on any atom is 0.0760 e. The second-order valence-electron chi connectivity index (χ2n) is 7.57. The van der Waals surface area contributed by atoms with Crippen LogP contribution in [0.1, 0.15) is 47.5 Å². The number of nitrogens with one attached hydrogen (secondary N) is 1. The first-order valence-electron chi connectivity index (χ1n) is 7.42. The summed E-state index contributed by atoms with van der Waals surface area (Å²) in [4.78, 5) is 2.58. The van der Waals surface area contributed by atoms with E-state index in [1.54, 1.807) is 0 Å². The standard InChI is InChI=1S/C15H30N2O/c1-12-6-7-16-13(8-12)9-17-10-14(2,3)18-15(4,5)11-17/h12-13,16H,6-11H2,1-5H3. The third-order valence-corrected chi connectivity index (χ3v) is 4.00. The lowest BCUT2D eigenvalue weighted by Gasteiger charge is -2.48. The maximum atomic E-state index is 6.14. The van der Waals surface area contributed by atoms with E-state index in [1.165, 1.54) is 25.9 Å². The van der Waals surface area contributed by atoms with E-state index >= 15 is 0 Å². The molecule has 0 bridgehead atoms. The highest BCUT2D eigenvalue weighted by Crippen LogP contribution is 2.28. The third kappa shape index (κ3) is 3.94. The fourth-order valence-corrected chi connectivity index (χ4v) is 3.75. The highest BCUT2D eigenvalue weighted by Gasteiger charge is 2.38. The van der Waals surface area contributed by atoms with Crippen LogP contribution in [0.4, 0.5) is 0 Å². The Morgan fingerprint density at radius 2 is 1.78 bits per heavy atom. The van der Waals surface area contributed by atoms with Gasteiger partial charge < -0.3 is 10.1 Å². The van der Waals surface area contributed by atoms with Crippen molar-refractivity contribution in [2.75, 3.05) is 26.2 Å². The average Bonchev–Trinajstić information content (AvgIpc) is 2.11. The fraction of sp³-hybridized carbons (Fsp3) is 1.00. The number of nitrogens with zero attached hydrogens (tertiary/aromatic N) is 1. The molecule has 0 aromatic heterocycles. The first kappa shape index (κ1) is 14.3. The minimum Gasteiger partial charge on any atom is -0.367 e. The zero-order valence-electron chi connectivity index (χ0n) is 12.8. The second kappa shape index (κ2) is 5.10. The van der Waals surface area contributed by atoms with Crippen LogP contribution in [-0.4, -0.2) is 48.3 Å². The van der Waals surface area contributed by atoms with E-state index in [9.17, 15) is 0 Å². The van der Waals surface area contributed by atoms with Crippen LogP contribution in [0.3, 0.4) is 0 Å². The molecule has 0 amide bonds. The van der Waals surface area contributed by atoms with Crippen molar-refractivity contribution in [3.8, 4) is 0 Å². The molecule has 0 aromatic rings. The fourth-order valence-electron chi connectivity index (χ4n) is 3.75.